The third-order valence-electron chi connectivity index (χ3n) is 6.98. The summed E-state index contributed by atoms with van der Waals surface area (Å²) >= 11 is 0. The summed E-state index contributed by atoms with van der Waals surface area (Å²) < 4.78 is 42.7. The molecule has 2 aromatic carbocycles. The molecule has 1 unspecified atom stereocenters. The Kier molecular flexibility index (Phi) is 7.24. The van der Waals surface area contributed by atoms with E-state index in [1.54, 1.807) is 35.1 Å². The number of amides is 1. The molecule has 40 heavy (non-hydrogen) atoms. The molecular formula is C28H27F2N5O5. The van der Waals surface area contributed by atoms with Crippen LogP contribution < -0.4 is 15.0 Å². The van der Waals surface area contributed by atoms with Gasteiger partial charge in [-0.3, -0.25) is 18.8 Å². The highest BCUT2D eigenvalue weighted by Gasteiger charge is 2.35. The first-order valence-corrected chi connectivity index (χ1v) is 12.6. The second-order valence-corrected chi connectivity index (χ2v) is 9.21. The largest absolute Gasteiger partial charge is 0.494 e. The second-order valence-electron chi connectivity index (χ2n) is 9.21. The fraction of sp³-hybridized carbons (Fsp3) is 0.286. The number of carbonyl (C=O) groups is 1. The first-order chi connectivity index (χ1) is 19.3. The van der Waals surface area contributed by atoms with Crippen LogP contribution in [0.2, 0.25) is 0 Å². The van der Waals surface area contributed by atoms with Gasteiger partial charge >= 0.3 is 0 Å². The molecule has 12 heteroatoms. The van der Waals surface area contributed by atoms with Gasteiger partial charge in [-0.1, -0.05) is 12.1 Å². The van der Waals surface area contributed by atoms with E-state index in [0.717, 1.165) is 12.1 Å². The van der Waals surface area contributed by atoms with E-state index in [-0.39, 0.29) is 53.8 Å². The monoisotopic (exact) mass is 551 g/mol. The lowest BCUT2D eigenvalue weighted by Gasteiger charge is -2.22. The summed E-state index contributed by atoms with van der Waals surface area (Å²) in [4.78, 5) is 32.4. The normalized spacial score (nSPS) is 14.9. The summed E-state index contributed by atoms with van der Waals surface area (Å²) in [6.45, 7) is 2.51. The van der Waals surface area contributed by atoms with Crippen molar-refractivity contribution in [2.24, 2.45) is 0 Å². The average Bonchev–Trinajstić information content (AvgIpc) is 3.63. The number of carbonyl (C=O) groups excluding carboxylic acids is 1. The molecule has 1 fully saturated rings. The Morgan fingerprint density at radius 1 is 1.07 bits per heavy atom. The molecule has 0 saturated carbocycles. The highest BCUT2D eigenvalue weighted by atomic mass is 19.1. The molecule has 0 bridgehead atoms. The summed E-state index contributed by atoms with van der Waals surface area (Å²) in [6, 6.07) is 10.2. The number of hydrogen-bond acceptors (Lipinski definition) is 7. The van der Waals surface area contributed by atoms with Gasteiger partial charge < -0.3 is 19.5 Å². The molecule has 4 aromatic rings. The molecule has 1 atom stereocenters. The predicted molar refractivity (Wildman–Crippen MR) is 141 cm³/mol. The molecule has 2 aromatic heterocycles. The highest BCUT2D eigenvalue weighted by Crippen LogP contribution is 2.39. The number of nitrogens with zero attached hydrogens (tertiary/aromatic N) is 5. The van der Waals surface area contributed by atoms with Crippen LogP contribution in [0, 0.1) is 11.6 Å². The number of aromatic nitrogens is 4. The van der Waals surface area contributed by atoms with Gasteiger partial charge in [-0.15, -0.1) is 0 Å². The van der Waals surface area contributed by atoms with Crippen molar-refractivity contribution < 1.29 is 28.2 Å². The molecule has 0 radical (unpaired) electrons. The maximum absolute atomic E-state index is 14.4. The molecule has 0 aliphatic carbocycles. The van der Waals surface area contributed by atoms with Gasteiger partial charge in [0.2, 0.25) is 5.88 Å². The topological polar surface area (TPSA) is 112 Å². The Morgan fingerprint density at radius 3 is 2.33 bits per heavy atom. The van der Waals surface area contributed by atoms with Crippen molar-refractivity contribution in [3.63, 3.8) is 0 Å². The van der Waals surface area contributed by atoms with Gasteiger partial charge in [0.25, 0.3) is 11.5 Å². The number of rotatable bonds is 7. The van der Waals surface area contributed by atoms with E-state index < -0.39 is 40.5 Å². The Morgan fingerprint density at radius 2 is 1.73 bits per heavy atom. The lowest BCUT2D eigenvalue weighted by Crippen LogP contribution is -2.34. The van der Waals surface area contributed by atoms with Gasteiger partial charge in [-0.05, 0) is 43.7 Å². The summed E-state index contributed by atoms with van der Waals surface area (Å²) in [5, 5.41) is 16.0. The van der Waals surface area contributed by atoms with Crippen LogP contribution in [0.3, 0.4) is 0 Å². The van der Waals surface area contributed by atoms with E-state index in [9.17, 15) is 23.5 Å². The van der Waals surface area contributed by atoms with Crippen LogP contribution in [0.25, 0.3) is 17.2 Å². The zero-order valence-corrected chi connectivity index (χ0v) is 22.1. The Labute approximate surface area is 228 Å². The van der Waals surface area contributed by atoms with E-state index >= 15 is 0 Å². The Bertz CT molecular complexity index is 1610. The molecule has 1 aliphatic heterocycles. The van der Waals surface area contributed by atoms with E-state index in [1.165, 1.54) is 29.8 Å². The van der Waals surface area contributed by atoms with Crippen molar-refractivity contribution in [3.05, 3.63) is 81.8 Å². The second kappa shape index (κ2) is 10.8. The fourth-order valence-electron chi connectivity index (χ4n) is 5.03. The summed E-state index contributed by atoms with van der Waals surface area (Å²) in [6.07, 6.45) is 1.96. The number of likely N-dealkylation sites (tertiary alicyclic amines) is 1. The number of aryl methyl sites for hydroxylation is 1. The van der Waals surface area contributed by atoms with Crippen molar-refractivity contribution in [1.82, 2.24) is 24.2 Å². The first kappa shape index (κ1) is 26.9. The van der Waals surface area contributed by atoms with E-state index in [0.29, 0.717) is 6.54 Å². The number of methoxy groups -OCH3 is 2. The van der Waals surface area contributed by atoms with Crippen LogP contribution in [0.4, 0.5) is 8.78 Å². The van der Waals surface area contributed by atoms with E-state index in [4.69, 9.17) is 9.47 Å². The molecule has 5 rings (SSSR count). The molecule has 10 nitrogen and oxygen atoms in total. The summed E-state index contributed by atoms with van der Waals surface area (Å²) in [7, 11) is 2.85. The molecule has 3 heterocycles. The van der Waals surface area contributed by atoms with Crippen molar-refractivity contribution >= 4 is 5.91 Å². The van der Waals surface area contributed by atoms with Crippen LogP contribution in [0.15, 0.2) is 53.5 Å². The SMILES string of the molecule is CCn1ccc(-c2nc(=O)c(C(=O)N3CCC(c4c(F)cccc4F)C3)c(O)n2-c2c(OC)cccc2OC)n1. The first-order valence-electron chi connectivity index (χ1n) is 12.6. The highest BCUT2D eigenvalue weighted by molar-refractivity contribution is 5.96. The van der Waals surface area contributed by atoms with Gasteiger partial charge in [0.15, 0.2) is 11.4 Å². The van der Waals surface area contributed by atoms with Crippen LogP contribution in [-0.4, -0.2) is 62.6 Å². The summed E-state index contributed by atoms with van der Waals surface area (Å²) in [5.41, 5.74) is -1.23. The predicted octanol–water partition coefficient (Wildman–Crippen LogP) is 3.75. The van der Waals surface area contributed by atoms with Crippen LogP contribution in [0.1, 0.15) is 35.2 Å². The van der Waals surface area contributed by atoms with Crippen LogP contribution in [0.5, 0.6) is 17.4 Å². The van der Waals surface area contributed by atoms with E-state index in [1.807, 2.05) is 6.92 Å². The number of ether oxygens (including phenoxy) is 2. The number of halogens is 2. The lowest BCUT2D eigenvalue weighted by atomic mass is 9.97. The Hall–Kier alpha value is -4.74. The average molecular weight is 552 g/mol. The third kappa shape index (κ3) is 4.55. The zero-order valence-electron chi connectivity index (χ0n) is 22.1. The number of aromatic hydroxyl groups is 1. The number of para-hydroxylation sites is 1. The van der Waals surface area contributed by atoms with Gasteiger partial charge in [0.05, 0.1) is 14.2 Å². The van der Waals surface area contributed by atoms with E-state index in [2.05, 4.69) is 10.1 Å². The standard InChI is InChI=1S/C28H27F2N5O5/c1-4-34-14-12-19(32-34)25-31-26(36)23(28(38)35(25)24-20(39-2)9-6-10-21(24)40-3)27(37)33-13-11-16(15-33)22-17(29)7-5-8-18(22)30/h5-10,12,14,16,38H,4,11,13,15H2,1-3H3. The van der Waals surface area contributed by atoms with Gasteiger partial charge in [0.1, 0.15) is 34.5 Å². The Balaban J connectivity index is 1.65. The third-order valence-corrected chi connectivity index (χ3v) is 6.98. The van der Waals surface area contributed by atoms with Crippen molar-refractivity contribution in [2.75, 3.05) is 27.3 Å². The molecule has 1 saturated heterocycles. The minimum absolute atomic E-state index is 0.0400. The van der Waals surface area contributed by atoms with Crippen LogP contribution in [-0.2, 0) is 6.54 Å². The van der Waals surface area contributed by atoms with Crippen molar-refractivity contribution in [2.45, 2.75) is 25.8 Å². The lowest BCUT2D eigenvalue weighted by molar-refractivity contribution is 0.0784. The number of benzene rings is 2. The maximum Gasteiger partial charge on any atom is 0.290 e. The molecular weight excluding hydrogens is 524 g/mol. The van der Waals surface area contributed by atoms with Crippen molar-refractivity contribution in [1.29, 1.82) is 0 Å². The molecule has 0 spiro atoms. The number of hydrogen-bond donors (Lipinski definition) is 1. The van der Waals surface area contributed by atoms with Gasteiger partial charge in [-0.25, -0.2) is 8.78 Å². The minimum Gasteiger partial charge on any atom is -0.494 e. The fourth-order valence-corrected chi connectivity index (χ4v) is 5.03. The quantitative estimate of drug-likeness (QED) is 0.372. The van der Waals surface area contributed by atoms with Crippen LogP contribution >= 0.6 is 0 Å². The molecule has 1 N–H and O–H groups in total. The maximum atomic E-state index is 14.4. The minimum atomic E-state index is -0.978. The molecule has 1 amide bonds. The molecule has 1 aliphatic rings. The smallest absolute Gasteiger partial charge is 0.290 e. The van der Waals surface area contributed by atoms with Gasteiger partial charge in [-0.2, -0.15) is 10.1 Å². The molecule has 208 valence electrons. The van der Waals surface area contributed by atoms with Crippen molar-refractivity contribution in [3.8, 4) is 34.6 Å². The van der Waals surface area contributed by atoms with Gasteiger partial charge in [0, 0.05) is 37.3 Å². The summed E-state index contributed by atoms with van der Waals surface area (Å²) in [5.74, 6) is -3.04. The zero-order chi connectivity index (χ0) is 28.6.